The van der Waals surface area contributed by atoms with Crippen LogP contribution >= 0.6 is 23.1 Å². The molecule has 0 aliphatic rings. The molecule has 0 fully saturated rings. The number of imidazole rings is 1. The summed E-state index contributed by atoms with van der Waals surface area (Å²) in [5.74, 6) is -0.592. The van der Waals surface area contributed by atoms with E-state index < -0.39 is 11.9 Å². The van der Waals surface area contributed by atoms with Crippen LogP contribution in [0.5, 0.6) is 0 Å². The van der Waals surface area contributed by atoms with Crippen LogP contribution in [0, 0.1) is 0 Å². The average Bonchev–Trinajstić information content (AvgIpc) is 3.55. The number of aromatic amines is 1. The van der Waals surface area contributed by atoms with Crippen LogP contribution in [0.15, 0.2) is 52.7 Å². The molecule has 4 N–H and O–H groups in total. The van der Waals surface area contributed by atoms with Crippen molar-refractivity contribution < 1.29 is 19.4 Å². The lowest BCUT2D eigenvalue weighted by Crippen LogP contribution is -2.15. The number of para-hydroxylation sites is 2. The van der Waals surface area contributed by atoms with Gasteiger partial charge in [0, 0.05) is 13.0 Å². The number of aromatic nitrogens is 5. The summed E-state index contributed by atoms with van der Waals surface area (Å²) < 4.78 is 6.64. The minimum atomic E-state index is -0.721. The third kappa shape index (κ3) is 4.91. The van der Waals surface area contributed by atoms with E-state index in [1.54, 1.807) is 10.6 Å². The number of benzene rings is 1. The number of amides is 1. The molecule has 0 aliphatic carbocycles. The molecule has 170 valence electrons. The van der Waals surface area contributed by atoms with Crippen molar-refractivity contribution in [2.45, 2.75) is 18.1 Å². The van der Waals surface area contributed by atoms with Crippen molar-refractivity contribution in [3.63, 3.8) is 0 Å². The molecule has 0 unspecified atom stereocenters. The number of nitrogens with two attached hydrogens (primary N) is 1. The minimum absolute atomic E-state index is 0.000619. The Kier molecular flexibility index (Phi) is 6.75. The summed E-state index contributed by atoms with van der Waals surface area (Å²) in [6, 6.07) is 11.1. The first kappa shape index (κ1) is 22.6. The number of nitrogens with zero attached hydrogens (tertiary/aromatic N) is 4. The van der Waals surface area contributed by atoms with Gasteiger partial charge in [-0.3, -0.25) is 4.79 Å². The number of primary amides is 1. The number of H-pyrrole nitrogens is 1. The Labute approximate surface area is 196 Å². The number of fused-ring (bicyclic) bond motifs is 1. The summed E-state index contributed by atoms with van der Waals surface area (Å²) in [7, 11) is 1.24. The molecule has 3 heterocycles. The Hall–Kier alpha value is -3.64. The van der Waals surface area contributed by atoms with Gasteiger partial charge in [0.05, 0.1) is 28.8 Å². The van der Waals surface area contributed by atoms with Crippen LogP contribution < -0.4 is 5.73 Å². The summed E-state index contributed by atoms with van der Waals surface area (Å²) in [6.07, 6.45) is 0.109. The van der Waals surface area contributed by atoms with E-state index in [-0.39, 0.29) is 35.9 Å². The van der Waals surface area contributed by atoms with Crippen LogP contribution in [0.2, 0.25) is 0 Å². The van der Waals surface area contributed by atoms with E-state index in [1.165, 1.54) is 30.2 Å². The van der Waals surface area contributed by atoms with E-state index in [4.69, 9.17) is 10.5 Å². The molecule has 4 aromatic rings. The first-order valence-corrected chi connectivity index (χ1v) is 11.7. The second kappa shape index (κ2) is 9.88. The van der Waals surface area contributed by atoms with Gasteiger partial charge in [-0.05, 0) is 23.6 Å². The average molecular weight is 485 g/mol. The largest absolute Gasteiger partial charge is 0.510 e. The van der Waals surface area contributed by atoms with E-state index in [0.717, 1.165) is 10.4 Å². The van der Waals surface area contributed by atoms with Gasteiger partial charge in [-0.2, -0.15) is 0 Å². The Morgan fingerprint density at radius 3 is 2.76 bits per heavy atom. The van der Waals surface area contributed by atoms with Gasteiger partial charge in [-0.15, -0.1) is 21.5 Å². The van der Waals surface area contributed by atoms with E-state index in [1.807, 2.05) is 35.7 Å². The molecule has 0 bridgehead atoms. The highest BCUT2D eigenvalue weighted by Crippen LogP contribution is 2.29. The SMILES string of the molecule is COC(=O)C(=C(O)CSc1nnc(-c2cccs2)n1CCC(N)=O)c1nc2ccccc2[nH]1. The number of thioether (sulfide) groups is 1. The van der Waals surface area contributed by atoms with Crippen LogP contribution in [0.25, 0.3) is 27.3 Å². The maximum atomic E-state index is 12.5. The molecule has 4 rings (SSSR count). The maximum absolute atomic E-state index is 12.5. The van der Waals surface area contributed by atoms with Crippen LogP contribution in [0.1, 0.15) is 12.2 Å². The Bertz CT molecular complexity index is 1290. The van der Waals surface area contributed by atoms with Crippen LogP contribution in [0.4, 0.5) is 0 Å². The van der Waals surface area contributed by atoms with E-state index in [0.29, 0.717) is 16.5 Å². The lowest BCUT2D eigenvalue weighted by Gasteiger charge is -2.09. The summed E-state index contributed by atoms with van der Waals surface area (Å²) in [6.45, 7) is 0.288. The molecule has 10 nitrogen and oxygen atoms in total. The maximum Gasteiger partial charge on any atom is 0.345 e. The van der Waals surface area contributed by atoms with Crippen molar-refractivity contribution in [2.75, 3.05) is 12.9 Å². The Morgan fingerprint density at radius 1 is 1.24 bits per heavy atom. The highest BCUT2D eigenvalue weighted by molar-refractivity contribution is 7.99. The van der Waals surface area contributed by atoms with E-state index in [2.05, 4.69) is 20.2 Å². The van der Waals surface area contributed by atoms with Gasteiger partial charge in [0.25, 0.3) is 0 Å². The Balaban J connectivity index is 1.64. The predicted octanol–water partition coefficient (Wildman–Crippen LogP) is 2.99. The monoisotopic (exact) mass is 484 g/mol. The summed E-state index contributed by atoms with van der Waals surface area (Å²) >= 11 is 2.66. The number of aliphatic hydroxyl groups excluding tert-OH is 1. The predicted molar refractivity (Wildman–Crippen MR) is 126 cm³/mol. The van der Waals surface area contributed by atoms with Crippen molar-refractivity contribution in [1.29, 1.82) is 0 Å². The van der Waals surface area contributed by atoms with Gasteiger partial charge in [0.15, 0.2) is 11.0 Å². The number of nitrogens with one attached hydrogen (secondary N) is 1. The smallest absolute Gasteiger partial charge is 0.345 e. The molecule has 0 saturated heterocycles. The van der Waals surface area contributed by atoms with Crippen molar-refractivity contribution in [3.8, 4) is 10.7 Å². The topological polar surface area (TPSA) is 149 Å². The molecule has 0 atom stereocenters. The zero-order chi connectivity index (χ0) is 23.4. The number of thiophene rings is 1. The second-order valence-corrected chi connectivity index (χ2v) is 8.75. The molecule has 1 aromatic carbocycles. The summed E-state index contributed by atoms with van der Waals surface area (Å²) in [5, 5.41) is 21.7. The zero-order valence-electron chi connectivity index (χ0n) is 17.5. The van der Waals surface area contributed by atoms with Crippen molar-refractivity contribution in [2.24, 2.45) is 5.73 Å². The second-order valence-electron chi connectivity index (χ2n) is 6.86. The number of hydrogen-bond acceptors (Lipinski definition) is 9. The number of ether oxygens (including phenoxy) is 1. The van der Waals surface area contributed by atoms with Gasteiger partial charge >= 0.3 is 5.97 Å². The van der Waals surface area contributed by atoms with E-state index >= 15 is 0 Å². The molecule has 0 aliphatic heterocycles. The first-order valence-electron chi connectivity index (χ1n) is 9.81. The van der Waals surface area contributed by atoms with Crippen LogP contribution in [0.3, 0.4) is 0 Å². The third-order valence-corrected chi connectivity index (χ3v) is 6.53. The van der Waals surface area contributed by atoms with Crippen molar-refractivity contribution in [3.05, 3.63) is 53.4 Å². The zero-order valence-corrected chi connectivity index (χ0v) is 19.2. The molecule has 33 heavy (non-hydrogen) atoms. The van der Waals surface area contributed by atoms with Crippen molar-refractivity contribution in [1.82, 2.24) is 24.7 Å². The molecule has 3 aromatic heterocycles. The van der Waals surface area contributed by atoms with Gasteiger partial charge in [-0.1, -0.05) is 30.0 Å². The number of methoxy groups -OCH3 is 1. The minimum Gasteiger partial charge on any atom is -0.510 e. The highest BCUT2D eigenvalue weighted by Gasteiger charge is 2.23. The lowest BCUT2D eigenvalue weighted by atomic mass is 10.2. The fourth-order valence-electron chi connectivity index (χ4n) is 3.14. The van der Waals surface area contributed by atoms with E-state index in [9.17, 15) is 14.7 Å². The highest BCUT2D eigenvalue weighted by atomic mass is 32.2. The normalized spacial score (nSPS) is 12.0. The van der Waals surface area contributed by atoms with Crippen LogP contribution in [-0.4, -0.2) is 54.6 Å². The fourth-order valence-corrected chi connectivity index (χ4v) is 4.70. The molecule has 0 spiro atoms. The molecule has 0 saturated carbocycles. The lowest BCUT2D eigenvalue weighted by molar-refractivity contribution is -0.133. The molecule has 1 amide bonds. The number of carbonyl (C=O) groups excluding carboxylic acids is 2. The molecule has 12 heteroatoms. The standard InChI is InChI=1S/C21H20N6O4S2/c1-31-20(30)17(18-23-12-5-2-3-6-13(12)24-18)14(28)11-33-21-26-25-19(15-7-4-10-32-15)27(21)9-8-16(22)29/h2-7,10,28H,8-9,11H2,1H3,(H2,22,29)(H,23,24). The number of esters is 1. The summed E-state index contributed by atoms with van der Waals surface area (Å²) in [4.78, 5) is 32.1. The molecular weight excluding hydrogens is 464 g/mol. The van der Waals surface area contributed by atoms with Gasteiger partial charge in [0.2, 0.25) is 5.91 Å². The molecular formula is C21H20N6O4S2. The number of rotatable bonds is 9. The fraction of sp³-hybridized carbons (Fsp3) is 0.190. The number of aliphatic hydroxyl groups is 1. The number of hydrogen-bond donors (Lipinski definition) is 3. The van der Waals surface area contributed by atoms with Crippen LogP contribution in [-0.2, 0) is 20.9 Å². The van der Waals surface area contributed by atoms with Gasteiger partial charge < -0.3 is 25.1 Å². The van der Waals surface area contributed by atoms with Gasteiger partial charge in [-0.25, -0.2) is 9.78 Å². The first-order chi connectivity index (χ1) is 16.0. The Morgan fingerprint density at radius 2 is 2.06 bits per heavy atom. The molecule has 0 radical (unpaired) electrons. The third-order valence-electron chi connectivity index (χ3n) is 4.68. The van der Waals surface area contributed by atoms with Crippen molar-refractivity contribution >= 4 is 51.6 Å². The summed E-state index contributed by atoms with van der Waals surface area (Å²) in [5.41, 5.74) is 6.64. The quantitative estimate of drug-likeness (QED) is 0.142. The number of carbonyl (C=O) groups is 2. The van der Waals surface area contributed by atoms with Gasteiger partial charge in [0.1, 0.15) is 17.2 Å².